The van der Waals surface area contributed by atoms with Crippen LogP contribution in [0.4, 0.5) is 0 Å². The largest absolute Gasteiger partial charge is 0.394 e. The van der Waals surface area contributed by atoms with Crippen molar-refractivity contribution in [3.05, 3.63) is 69.7 Å². The van der Waals surface area contributed by atoms with Crippen LogP contribution in [0.15, 0.2) is 48.5 Å². The maximum Gasteiger partial charge on any atom is 0.226 e. The number of carbonyl (C=O) groups excluding carboxylic acids is 1. The van der Waals surface area contributed by atoms with Gasteiger partial charge >= 0.3 is 0 Å². The Balaban J connectivity index is 1.77. The first-order chi connectivity index (χ1) is 11.6. The van der Waals surface area contributed by atoms with Gasteiger partial charge in [-0.2, -0.15) is 0 Å². The van der Waals surface area contributed by atoms with Gasteiger partial charge in [0.2, 0.25) is 5.91 Å². The predicted molar refractivity (Wildman–Crippen MR) is 96.3 cm³/mol. The molecule has 3 nitrogen and oxygen atoms in total. The molecule has 1 heterocycles. The summed E-state index contributed by atoms with van der Waals surface area (Å²) in [6.45, 7) is 0.543. The number of hydrogen-bond acceptors (Lipinski definition) is 2. The van der Waals surface area contributed by atoms with Crippen molar-refractivity contribution in [3.8, 4) is 0 Å². The summed E-state index contributed by atoms with van der Waals surface area (Å²) >= 11 is 12.5. The molecule has 1 aliphatic rings. The normalized spacial score (nSPS) is 18.9. The molecular formula is C19H19Cl2NO2. The molecule has 0 aliphatic carbocycles. The third-order valence-corrected chi connectivity index (χ3v) is 5.30. The lowest BCUT2D eigenvalue weighted by Crippen LogP contribution is -2.34. The Morgan fingerprint density at radius 2 is 1.75 bits per heavy atom. The van der Waals surface area contributed by atoms with Gasteiger partial charge in [0.05, 0.1) is 12.6 Å². The number of benzene rings is 2. The second-order valence-electron chi connectivity index (χ2n) is 6.03. The molecule has 3 rings (SSSR count). The van der Waals surface area contributed by atoms with Crippen molar-refractivity contribution < 1.29 is 9.90 Å². The molecule has 1 fully saturated rings. The summed E-state index contributed by atoms with van der Waals surface area (Å²) in [4.78, 5) is 14.6. The van der Waals surface area contributed by atoms with E-state index in [9.17, 15) is 9.90 Å². The summed E-state index contributed by atoms with van der Waals surface area (Å²) in [7, 11) is 0. The van der Waals surface area contributed by atoms with Gasteiger partial charge in [-0.15, -0.1) is 0 Å². The predicted octanol–water partition coefficient (Wildman–Crippen LogP) is 4.12. The molecule has 2 aromatic rings. The van der Waals surface area contributed by atoms with E-state index in [1.807, 2.05) is 30.3 Å². The number of aliphatic hydroxyl groups is 1. The average Bonchev–Trinajstić information content (AvgIpc) is 2.94. The molecule has 1 saturated heterocycles. The number of carbonyl (C=O) groups is 1. The van der Waals surface area contributed by atoms with Crippen LogP contribution in [0.2, 0.25) is 10.0 Å². The maximum atomic E-state index is 12.8. The molecule has 2 atom stereocenters. The van der Waals surface area contributed by atoms with Crippen LogP contribution in [0.5, 0.6) is 0 Å². The molecule has 5 heteroatoms. The van der Waals surface area contributed by atoms with E-state index in [0.29, 0.717) is 23.0 Å². The Bertz CT molecular complexity index is 700. The highest BCUT2D eigenvalue weighted by molar-refractivity contribution is 6.36. The van der Waals surface area contributed by atoms with Gasteiger partial charge in [0.1, 0.15) is 0 Å². The zero-order valence-corrected chi connectivity index (χ0v) is 14.7. The minimum Gasteiger partial charge on any atom is -0.394 e. The van der Waals surface area contributed by atoms with Crippen molar-refractivity contribution in [1.82, 2.24) is 4.90 Å². The number of likely N-dealkylation sites (tertiary alicyclic amines) is 1. The molecule has 0 unspecified atom stereocenters. The van der Waals surface area contributed by atoms with Crippen LogP contribution < -0.4 is 0 Å². The standard InChI is InChI=1S/C19H19Cl2NO2/c20-16-7-4-8-17(21)15(16)11-14-9-10-22(19(14)24)18(12-23)13-5-2-1-3-6-13/h1-8,14,18,23H,9-12H2/t14-,18-/m0/s1. The first-order valence-electron chi connectivity index (χ1n) is 8.01. The van der Waals surface area contributed by atoms with Gasteiger partial charge < -0.3 is 10.0 Å². The zero-order chi connectivity index (χ0) is 17.1. The van der Waals surface area contributed by atoms with Crippen LogP contribution in [0, 0.1) is 5.92 Å². The highest BCUT2D eigenvalue weighted by Crippen LogP contribution is 2.34. The first kappa shape index (κ1) is 17.3. The molecule has 0 radical (unpaired) electrons. The molecule has 1 aliphatic heterocycles. The van der Waals surface area contributed by atoms with E-state index < -0.39 is 0 Å². The van der Waals surface area contributed by atoms with E-state index in [1.54, 1.807) is 23.1 Å². The number of amides is 1. The Morgan fingerprint density at radius 3 is 2.38 bits per heavy atom. The molecular weight excluding hydrogens is 345 g/mol. The topological polar surface area (TPSA) is 40.5 Å². The lowest BCUT2D eigenvalue weighted by atomic mass is 9.97. The summed E-state index contributed by atoms with van der Waals surface area (Å²) in [6.07, 6.45) is 1.27. The van der Waals surface area contributed by atoms with E-state index in [1.165, 1.54) is 0 Å². The van der Waals surface area contributed by atoms with Crippen LogP contribution in [-0.2, 0) is 11.2 Å². The molecule has 1 amide bonds. The van der Waals surface area contributed by atoms with E-state index in [-0.39, 0.29) is 24.5 Å². The summed E-state index contributed by atoms with van der Waals surface area (Å²) in [5, 5.41) is 11.0. The lowest BCUT2D eigenvalue weighted by Gasteiger charge is -2.27. The zero-order valence-electron chi connectivity index (χ0n) is 13.2. The quantitative estimate of drug-likeness (QED) is 0.867. The minimum atomic E-state index is -0.301. The fraction of sp³-hybridized carbons (Fsp3) is 0.316. The SMILES string of the molecule is O=C1[C@H](Cc2c(Cl)cccc2Cl)CCN1[C@@H](CO)c1ccccc1. The Labute approximate surface area is 151 Å². The van der Waals surface area contributed by atoms with Crippen molar-refractivity contribution in [1.29, 1.82) is 0 Å². The molecule has 0 saturated carbocycles. The average molecular weight is 364 g/mol. The van der Waals surface area contributed by atoms with Gasteiger partial charge in [-0.25, -0.2) is 0 Å². The molecule has 0 spiro atoms. The maximum absolute atomic E-state index is 12.8. The first-order valence-corrected chi connectivity index (χ1v) is 8.76. The molecule has 0 bridgehead atoms. The molecule has 24 heavy (non-hydrogen) atoms. The van der Waals surface area contributed by atoms with Crippen LogP contribution in [-0.4, -0.2) is 29.1 Å². The number of hydrogen-bond donors (Lipinski definition) is 1. The Morgan fingerprint density at radius 1 is 1.08 bits per heavy atom. The number of halogens is 2. The van der Waals surface area contributed by atoms with E-state index in [0.717, 1.165) is 17.5 Å². The highest BCUT2D eigenvalue weighted by atomic mass is 35.5. The molecule has 1 N–H and O–H groups in total. The van der Waals surface area contributed by atoms with Crippen molar-refractivity contribution in [3.63, 3.8) is 0 Å². The fourth-order valence-corrected chi connectivity index (χ4v) is 3.85. The van der Waals surface area contributed by atoms with Crippen LogP contribution in [0.1, 0.15) is 23.6 Å². The lowest BCUT2D eigenvalue weighted by molar-refractivity contribution is -0.133. The highest BCUT2D eigenvalue weighted by Gasteiger charge is 2.36. The van der Waals surface area contributed by atoms with Crippen LogP contribution in [0.3, 0.4) is 0 Å². The molecule has 126 valence electrons. The number of rotatable bonds is 5. The van der Waals surface area contributed by atoms with Gasteiger partial charge in [0, 0.05) is 22.5 Å². The number of nitrogens with zero attached hydrogens (tertiary/aromatic N) is 1. The van der Waals surface area contributed by atoms with Crippen molar-refractivity contribution in [2.45, 2.75) is 18.9 Å². The molecule has 0 aromatic heterocycles. The van der Waals surface area contributed by atoms with E-state index >= 15 is 0 Å². The third kappa shape index (κ3) is 3.44. The van der Waals surface area contributed by atoms with Crippen molar-refractivity contribution >= 4 is 29.1 Å². The second-order valence-corrected chi connectivity index (χ2v) is 6.85. The second kappa shape index (κ2) is 7.56. The van der Waals surface area contributed by atoms with Gasteiger partial charge in [-0.3, -0.25) is 4.79 Å². The van der Waals surface area contributed by atoms with Crippen LogP contribution in [0.25, 0.3) is 0 Å². The summed E-state index contributed by atoms with van der Waals surface area (Å²) in [5.74, 6) is -0.103. The Kier molecular flexibility index (Phi) is 5.44. The molecule has 2 aromatic carbocycles. The van der Waals surface area contributed by atoms with Crippen molar-refractivity contribution in [2.75, 3.05) is 13.2 Å². The Hall–Kier alpha value is -1.55. The summed E-state index contributed by atoms with van der Waals surface area (Å²) in [5.41, 5.74) is 1.77. The number of aliphatic hydroxyl groups excluding tert-OH is 1. The monoisotopic (exact) mass is 363 g/mol. The fourth-order valence-electron chi connectivity index (χ4n) is 3.29. The van der Waals surface area contributed by atoms with Gasteiger partial charge in [-0.1, -0.05) is 59.6 Å². The summed E-state index contributed by atoms with van der Waals surface area (Å²) in [6, 6.07) is 14.7. The van der Waals surface area contributed by atoms with Crippen LogP contribution >= 0.6 is 23.2 Å². The minimum absolute atomic E-state index is 0.0499. The smallest absolute Gasteiger partial charge is 0.226 e. The third-order valence-electron chi connectivity index (χ3n) is 4.60. The van der Waals surface area contributed by atoms with Gasteiger partial charge in [0.15, 0.2) is 0 Å². The van der Waals surface area contributed by atoms with E-state index in [2.05, 4.69) is 0 Å². The van der Waals surface area contributed by atoms with E-state index in [4.69, 9.17) is 23.2 Å². The van der Waals surface area contributed by atoms with Crippen molar-refractivity contribution in [2.24, 2.45) is 5.92 Å². The van der Waals surface area contributed by atoms with Gasteiger partial charge in [-0.05, 0) is 36.1 Å². The van der Waals surface area contributed by atoms with Gasteiger partial charge in [0.25, 0.3) is 0 Å². The summed E-state index contributed by atoms with van der Waals surface area (Å²) < 4.78 is 0.